The number of hydrogen-bond acceptors (Lipinski definition) is 3. The Morgan fingerprint density at radius 1 is 0.833 bits per heavy atom. The molecular weight excluding hydrogens is 446 g/mol. The van der Waals surface area contributed by atoms with Gasteiger partial charge in [0.1, 0.15) is 0 Å². The lowest BCUT2D eigenvalue weighted by Gasteiger charge is -2.38. The van der Waals surface area contributed by atoms with Gasteiger partial charge in [-0.05, 0) is 73.9 Å². The monoisotopic (exact) mass is 483 g/mol. The maximum atomic E-state index is 13.1. The van der Waals surface area contributed by atoms with Gasteiger partial charge in [0.05, 0.1) is 5.60 Å². The van der Waals surface area contributed by atoms with Gasteiger partial charge in [-0.2, -0.15) is 0 Å². The lowest BCUT2D eigenvalue weighted by Crippen LogP contribution is -2.46. The molecule has 0 aromatic heterocycles. The van der Waals surface area contributed by atoms with Crippen molar-refractivity contribution < 1.29 is 9.90 Å². The smallest absolute Gasteiger partial charge is 0.321 e. The summed E-state index contributed by atoms with van der Waals surface area (Å²) in [5, 5.41) is 14.3. The van der Waals surface area contributed by atoms with Gasteiger partial charge in [0.25, 0.3) is 0 Å². The number of nitrogens with zero attached hydrogens (tertiary/aromatic N) is 2. The van der Waals surface area contributed by atoms with Gasteiger partial charge >= 0.3 is 6.03 Å². The van der Waals surface area contributed by atoms with Crippen LogP contribution in [-0.2, 0) is 18.6 Å². The molecule has 36 heavy (non-hydrogen) atoms. The average Bonchev–Trinajstić information content (AvgIpc) is 2.92. The van der Waals surface area contributed by atoms with Crippen LogP contribution in [0.2, 0.25) is 0 Å². The highest BCUT2D eigenvalue weighted by Crippen LogP contribution is 2.33. The number of likely N-dealkylation sites (tertiary alicyclic amines) is 2. The number of hydrogen-bond donors (Lipinski definition) is 2. The highest BCUT2D eigenvalue weighted by atomic mass is 16.3. The third kappa shape index (κ3) is 5.97. The van der Waals surface area contributed by atoms with E-state index in [4.69, 9.17) is 0 Å². The molecule has 0 aliphatic carbocycles. The van der Waals surface area contributed by atoms with Crippen LogP contribution in [-0.4, -0.2) is 47.1 Å². The molecule has 3 aromatic rings. The van der Waals surface area contributed by atoms with Gasteiger partial charge < -0.3 is 15.3 Å². The summed E-state index contributed by atoms with van der Waals surface area (Å²) < 4.78 is 0. The molecule has 2 amide bonds. The molecule has 0 atom stereocenters. The van der Waals surface area contributed by atoms with E-state index in [0.717, 1.165) is 48.8 Å². The van der Waals surface area contributed by atoms with Crippen molar-refractivity contribution >= 4 is 11.7 Å². The Bertz CT molecular complexity index is 1120. The van der Waals surface area contributed by atoms with E-state index in [1.165, 1.54) is 18.4 Å². The Hall–Kier alpha value is -3.15. The molecule has 2 heterocycles. The maximum absolute atomic E-state index is 13.1. The molecule has 0 saturated carbocycles. The zero-order valence-corrected chi connectivity index (χ0v) is 21.0. The van der Waals surface area contributed by atoms with Crippen LogP contribution in [0.1, 0.15) is 42.4 Å². The summed E-state index contributed by atoms with van der Waals surface area (Å²) in [7, 11) is 0. The number of benzene rings is 3. The summed E-state index contributed by atoms with van der Waals surface area (Å²) in [6.07, 6.45) is 4.67. The maximum Gasteiger partial charge on any atom is 0.321 e. The van der Waals surface area contributed by atoms with Gasteiger partial charge in [0.2, 0.25) is 0 Å². The minimum Gasteiger partial charge on any atom is -0.385 e. The van der Waals surface area contributed by atoms with Crippen molar-refractivity contribution in [3.63, 3.8) is 0 Å². The number of aliphatic hydroxyl groups is 1. The number of anilines is 1. The fourth-order valence-corrected chi connectivity index (χ4v) is 5.63. The largest absolute Gasteiger partial charge is 0.385 e. The van der Waals surface area contributed by atoms with E-state index < -0.39 is 5.60 Å². The average molecular weight is 484 g/mol. The van der Waals surface area contributed by atoms with Crippen molar-refractivity contribution in [2.75, 3.05) is 31.5 Å². The van der Waals surface area contributed by atoms with Crippen molar-refractivity contribution in [3.8, 4) is 0 Å². The first-order valence-electron chi connectivity index (χ1n) is 13.3. The van der Waals surface area contributed by atoms with Crippen LogP contribution in [0, 0.1) is 5.92 Å². The Morgan fingerprint density at radius 3 is 2.14 bits per heavy atom. The van der Waals surface area contributed by atoms with Crippen LogP contribution in [0.3, 0.4) is 0 Å². The number of piperidine rings is 2. The first-order valence-corrected chi connectivity index (χ1v) is 13.3. The van der Waals surface area contributed by atoms with Crippen molar-refractivity contribution in [1.29, 1.82) is 0 Å². The van der Waals surface area contributed by atoms with Crippen LogP contribution >= 0.6 is 0 Å². The summed E-state index contributed by atoms with van der Waals surface area (Å²) in [4.78, 5) is 17.4. The molecular formula is C31H37N3O2. The molecule has 0 unspecified atom stereocenters. The molecule has 0 spiro atoms. The molecule has 3 aromatic carbocycles. The standard InChI is InChI=1S/C31H37N3O2/c35-30(34-21-17-31(36,18-22-34)28-12-5-2-6-13-28)32-29-14-8-7-11-27(29)24-33-19-15-26(16-20-33)23-25-9-3-1-4-10-25/h1-14,26,36H,15-24H2,(H,32,35). The van der Waals surface area contributed by atoms with E-state index in [1.807, 2.05) is 53.4 Å². The third-order valence-corrected chi connectivity index (χ3v) is 7.92. The molecule has 2 aliphatic heterocycles. The molecule has 2 aliphatic rings. The number of nitrogens with one attached hydrogen (secondary N) is 1. The van der Waals surface area contributed by atoms with Crippen molar-refractivity contribution in [3.05, 3.63) is 102 Å². The van der Waals surface area contributed by atoms with E-state index in [1.54, 1.807) is 0 Å². The normalized spacial score (nSPS) is 18.6. The molecule has 2 N–H and O–H groups in total. The molecule has 2 fully saturated rings. The second kappa shape index (κ2) is 11.3. The van der Waals surface area contributed by atoms with Crippen molar-refractivity contribution in [2.24, 2.45) is 5.92 Å². The van der Waals surface area contributed by atoms with Crippen molar-refractivity contribution in [1.82, 2.24) is 9.80 Å². The quantitative estimate of drug-likeness (QED) is 0.476. The molecule has 2 saturated heterocycles. The van der Waals surface area contributed by atoms with E-state index in [0.29, 0.717) is 25.9 Å². The number of carbonyl (C=O) groups excluding carboxylic acids is 1. The number of carbonyl (C=O) groups is 1. The molecule has 188 valence electrons. The van der Waals surface area contributed by atoms with Crippen molar-refractivity contribution in [2.45, 2.75) is 44.2 Å². The molecule has 5 nitrogen and oxygen atoms in total. The minimum atomic E-state index is -0.859. The van der Waals surface area contributed by atoms with Crippen LogP contribution in [0.5, 0.6) is 0 Å². The van der Waals surface area contributed by atoms with Crippen LogP contribution in [0.4, 0.5) is 10.5 Å². The predicted octanol–water partition coefficient (Wildman–Crippen LogP) is 5.66. The summed E-state index contributed by atoms with van der Waals surface area (Å²) in [6, 6.07) is 28.7. The Kier molecular flexibility index (Phi) is 7.69. The number of para-hydroxylation sites is 1. The summed E-state index contributed by atoms with van der Waals surface area (Å²) >= 11 is 0. The van der Waals surface area contributed by atoms with E-state index >= 15 is 0 Å². The SMILES string of the molecule is O=C(Nc1ccccc1CN1CCC(Cc2ccccc2)CC1)N1CCC(O)(c2ccccc2)CC1. The second-order valence-corrected chi connectivity index (χ2v) is 10.4. The molecule has 5 heteroatoms. The lowest BCUT2D eigenvalue weighted by atomic mass is 9.84. The fourth-order valence-electron chi connectivity index (χ4n) is 5.63. The number of amides is 2. The highest BCUT2D eigenvalue weighted by Gasteiger charge is 2.35. The number of rotatable bonds is 6. The fraction of sp³-hybridized carbons (Fsp3) is 0.387. The molecule has 5 rings (SSSR count). The predicted molar refractivity (Wildman–Crippen MR) is 145 cm³/mol. The van der Waals surface area contributed by atoms with E-state index in [2.05, 4.69) is 46.6 Å². The zero-order chi connectivity index (χ0) is 24.8. The lowest BCUT2D eigenvalue weighted by molar-refractivity contribution is -0.0157. The summed E-state index contributed by atoms with van der Waals surface area (Å²) in [6.45, 7) is 4.10. The zero-order valence-electron chi connectivity index (χ0n) is 21.0. The Morgan fingerprint density at radius 2 is 1.44 bits per heavy atom. The first kappa shape index (κ1) is 24.5. The van der Waals surface area contributed by atoms with Crippen LogP contribution in [0.25, 0.3) is 0 Å². The minimum absolute atomic E-state index is 0.0841. The van der Waals surface area contributed by atoms with Crippen LogP contribution in [0.15, 0.2) is 84.9 Å². The summed E-state index contributed by atoms with van der Waals surface area (Å²) in [5.74, 6) is 0.743. The van der Waals surface area contributed by atoms with Gasteiger partial charge in [0, 0.05) is 25.3 Å². The van der Waals surface area contributed by atoms with Gasteiger partial charge in [-0.25, -0.2) is 4.79 Å². The van der Waals surface area contributed by atoms with E-state index in [-0.39, 0.29) is 6.03 Å². The highest BCUT2D eigenvalue weighted by molar-refractivity contribution is 5.90. The summed E-state index contributed by atoms with van der Waals surface area (Å²) in [5.41, 5.74) is 3.55. The topological polar surface area (TPSA) is 55.8 Å². The van der Waals surface area contributed by atoms with Gasteiger partial charge in [-0.1, -0.05) is 78.9 Å². The third-order valence-electron chi connectivity index (χ3n) is 7.92. The van der Waals surface area contributed by atoms with Gasteiger partial charge in [0.15, 0.2) is 0 Å². The second-order valence-electron chi connectivity index (χ2n) is 10.4. The van der Waals surface area contributed by atoms with Crippen LogP contribution < -0.4 is 5.32 Å². The number of urea groups is 1. The first-order chi connectivity index (χ1) is 17.6. The molecule has 0 bridgehead atoms. The Labute approximate surface area is 214 Å². The Balaban J connectivity index is 1.13. The molecule has 0 radical (unpaired) electrons. The van der Waals surface area contributed by atoms with Gasteiger partial charge in [-0.15, -0.1) is 0 Å². The van der Waals surface area contributed by atoms with Gasteiger partial charge in [-0.3, -0.25) is 4.90 Å². The van der Waals surface area contributed by atoms with E-state index in [9.17, 15) is 9.90 Å².